The molecule has 0 fully saturated rings. The number of thioether (sulfide) groups is 1. The van der Waals surface area contributed by atoms with Crippen molar-refractivity contribution in [1.82, 2.24) is 25.1 Å². The number of carbonyl (C=O) groups excluding carboxylic acids is 1. The first-order valence-electron chi connectivity index (χ1n) is 10.0. The molecule has 0 saturated carbocycles. The van der Waals surface area contributed by atoms with Gasteiger partial charge in [-0.05, 0) is 37.5 Å². The zero-order valence-electron chi connectivity index (χ0n) is 17.8. The van der Waals surface area contributed by atoms with Gasteiger partial charge in [-0.15, -0.1) is 0 Å². The summed E-state index contributed by atoms with van der Waals surface area (Å²) in [6.45, 7) is 6.87. The normalized spacial score (nSPS) is 12.3. The van der Waals surface area contributed by atoms with E-state index in [1.807, 2.05) is 26.0 Å². The summed E-state index contributed by atoms with van der Waals surface area (Å²) in [5.74, 6) is -0.0703. The molecule has 0 aliphatic rings. The first kappa shape index (κ1) is 22.0. The van der Waals surface area contributed by atoms with E-state index in [4.69, 9.17) is 15.1 Å². The van der Waals surface area contributed by atoms with E-state index in [0.717, 1.165) is 17.8 Å². The predicted molar refractivity (Wildman–Crippen MR) is 118 cm³/mol. The van der Waals surface area contributed by atoms with Crippen LogP contribution in [-0.2, 0) is 16.0 Å². The van der Waals surface area contributed by atoms with Gasteiger partial charge in [0.2, 0.25) is 5.91 Å². The van der Waals surface area contributed by atoms with E-state index < -0.39 is 0 Å². The average Bonchev–Trinajstić information content (AvgIpc) is 3.13. The topological polar surface area (TPSA) is 109 Å². The summed E-state index contributed by atoms with van der Waals surface area (Å²) < 4.78 is 6.80. The lowest BCUT2D eigenvalue weighted by molar-refractivity contribution is -0.120. The molecule has 0 radical (unpaired) electrons. The molecule has 0 bridgehead atoms. The number of aryl methyl sites for hydroxylation is 2. The van der Waals surface area contributed by atoms with Crippen LogP contribution in [0.3, 0.4) is 0 Å². The van der Waals surface area contributed by atoms with E-state index in [2.05, 4.69) is 34.6 Å². The Hall–Kier alpha value is -2.65. The highest BCUT2D eigenvalue weighted by molar-refractivity contribution is 8.00. The maximum Gasteiger partial charge on any atom is 0.233 e. The lowest BCUT2D eigenvalue weighted by atomic mass is 10.1. The van der Waals surface area contributed by atoms with Crippen molar-refractivity contribution in [3.63, 3.8) is 0 Å². The molecule has 0 saturated heterocycles. The number of nitrogens with one attached hydrogen (secondary N) is 3. The molecule has 30 heavy (non-hydrogen) atoms. The number of aromatic nitrogens is 4. The Balaban J connectivity index is 2.05. The van der Waals surface area contributed by atoms with Crippen molar-refractivity contribution >= 4 is 28.7 Å². The van der Waals surface area contributed by atoms with E-state index >= 15 is 0 Å². The number of ether oxygens (including phenoxy) is 1. The molecule has 0 spiro atoms. The molecule has 160 valence electrons. The lowest BCUT2D eigenvalue weighted by Crippen LogP contribution is -2.35. The van der Waals surface area contributed by atoms with E-state index in [1.165, 1.54) is 17.3 Å². The van der Waals surface area contributed by atoms with Gasteiger partial charge in [-0.2, -0.15) is 5.10 Å². The van der Waals surface area contributed by atoms with Crippen LogP contribution >= 0.6 is 11.8 Å². The number of aromatic amines is 1. The maximum atomic E-state index is 12.6. The summed E-state index contributed by atoms with van der Waals surface area (Å²) in [6.07, 6.45) is 1.57. The van der Waals surface area contributed by atoms with Gasteiger partial charge in [0.25, 0.3) is 0 Å². The monoisotopic (exact) mass is 428 g/mol. The Kier molecular flexibility index (Phi) is 7.28. The van der Waals surface area contributed by atoms with Gasteiger partial charge in [0.1, 0.15) is 5.49 Å². The summed E-state index contributed by atoms with van der Waals surface area (Å²) in [4.78, 5) is 17.3. The number of amides is 1. The van der Waals surface area contributed by atoms with Gasteiger partial charge >= 0.3 is 0 Å². The minimum Gasteiger partial charge on any atom is -0.383 e. The van der Waals surface area contributed by atoms with Crippen LogP contribution < -0.4 is 10.8 Å². The summed E-state index contributed by atoms with van der Waals surface area (Å²) in [5.41, 5.74) is 3.63. The van der Waals surface area contributed by atoms with Crippen molar-refractivity contribution in [2.24, 2.45) is 0 Å². The second kappa shape index (κ2) is 9.90. The molecule has 3 aromatic rings. The summed E-state index contributed by atoms with van der Waals surface area (Å²) in [5, 5.41) is 19.8. The third-order valence-corrected chi connectivity index (χ3v) is 6.22. The van der Waals surface area contributed by atoms with Crippen LogP contribution in [0.5, 0.6) is 0 Å². The minimum absolute atomic E-state index is 0.0703. The Morgan fingerprint density at radius 1 is 1.33 bits per heavy atom. The van der Waals surface area contributed by atoms with Crippen molar-refractivity contribution in [2.75, 3.05) is 20.3 Å². The number of rotatable bonds is 9. The first-order chi connectivity index (χ1) is 14.5. The molecule has 0 aliphatic carbocycles. The van der Waals surface area contributed by atoms with E-state index in [0.29, 0.717) is 41.3 Å². The number of nitrogens with zero attached hydrogens (tertiary/aromatic N) is 3. The second-order valence-corrected chi connectivity index (χ2v) is 8.11. The second-order valence-electron chi connectivity index (χ2n) is 6.94. The molecule has 0 aliphatic heterocycles. The van der Waals surface area contributed by atoms with Crippen molar-refractivity contribution in [2.45, 2.75) is 44.0 Å². The number of hydrogen-bond acceptors (Lipinski definition) is 6. The van der Waals surface area contributed by atoms with Gasteiger partial charge in [0, 0.05) is 25.0 Å². The quantitative estimate of drug-likeness (QED) is 0.276. The number of hydrogen-bond donors (Lipinski definition) is 3. The molecule has 3 N–H and O–H groups in total. The first-order valence-corrected chi connectivity index (χ1v) is 10.9. The van der Waals surface area contributed by atoms with Gasteiger partial charge < -0.3 is 10.1 Å². The van der Waals surface area contributed by atoms with Crippen LogP contribution in [0.25, 0.3) is 16.7 Å². The fourth-order valence-electron chi connectivity index (χ4n) is 3.17. The van der Waals surface area contributed by atoms with Crippen molar-refractivity contribution in [1.29, 1.82) is 5.41 Å². The van der Waals surface area contributed by atoms with Crippen LogP contribution in [0.1, 0.15) is 31.5 Å². The summed E-state index contributed by atoms with van der Waals surface area (Å²) >= 11 is 1.35. The van der Waals surface area contributed by atoms with Crippen LogP contribution in [0.2, 0.25) is 0 Å². The van der Waals surface area contributed by atoms with E-state index in [1.54, 1.807) is 11.7 Å². The minimum atomic E-state index is -0.340. The Bertz CT molecular complexity index is 1070. The standard InChI is InChI=1S/C21H28N6O2S/c1-5-14-7-9-15(10-8-14)27-18(22)17-13(3)25-26-19(17)24-21(27)30-16(6-2)20(28)23-11-12-29-4/h7-10,16,22H,5-6,11-12H2,1-4H3,(H,23,28)(H,25,26)/t16-/m0/s1. The molecule has 2 heterocycles. The van der Waals surface area contributed by atoms with Gasteiger partial charge in [-0.3, -0.25) is 19.9 Å². The number of fused-ring (bicyclic) bond motifs is 1. The molecular formula is C21H28N6O2S. The smallest absolute Gasteiger partial charge is 0.233 e. The number of benzene rings is 1. The van der Waals surface area contributed by atoms with Gasteiger partial charge in [0.05, 0.1) is 17.2 Å². The number of carbonyl (C=O) groups is 1. The van der Waals surface area contributed by atoms with Crippen molar-refractivity contribution in [3.8, 4) is 5.69 Å². The Labute approximate surface area is 179 Å². The highest BCUT2D eigenvalue weighted by atomic mass is 32.2. The number of H-pyrrole nitrogens is 1. The van der Waals surface area contributed by atoms with E-state index in [-0.39, 0.29) is 11.2 Å². The SMILES string of the molecule is CCc1ccc(-n2c(S[C@@H](CC)C(=O)NCCOC)nc3n[nH]c(C)c3c2=N)cc1. The zero-order chi connectivity index (χ0) is 21.7. The molecule has 2 aromatic heterocycles. The van der Waals surface area contributed by atoms with Crippen LogP contribution in [-0.4, -0.2) is 51.2 Å². The molecule has 1 aromatic carbocycles. The molecular weight excluding hydrogens is 400 g/mol. The third kappa shape index (κ3) is 4.57. The highest BCUT2D eigenvalue weighted by Crippen LogP contribution is 2.27. The van der Waals surface area contributed by atoms with Gasteiger partial charge in [-0.1, -0.05) is 37.7 Å². The van der Waals surface area contributed by atoms with Crippen LogP contribution in [0, 0.1) is 12.3 Å². The molecule has 1 amide bonds. The lowest BCUT2D eigenvalue weighted by Gasteiger charge is -2.18. The molecule has 1 atom stereocenters. The van der Waals surface area contributed by atoms with Crippen molar-refractivity contribution in [3.05, 3.63) is 41.0 Å². The fourth-order valence-corrected chi connectivity index (χ4v) is 4.22. The summed E-state index contributed by atoms with van der Waals surface area (Å²) in [7, 11) is 1.60. The largest absolute Gasteiger partial charge is 0.383 e. The highest BCUT2D eigenvalue weighted by Gasteiger charge is 2.22. The zero-order valence-corrected chi connectivity index (χ0v) is 18.6. The fraction of sp³-hybridized carbons (Fsp3) is 0.429. The predicted octanol–water partition coefficient (Wildman–Crippen LogP) is 2.73. The molecule has 0 unspecified atom stereocenters. The van der Waals surface area contributed by atoms with Crippen LogP contribution in [0.4, 0.5) is 0 Å². The maximum absolute atomic E-state index is 12.6. The Morgan fingerprint density at radius 2 is 2.07 bits per heavy atom. The molecule has 9 heteroatoms. The van der Waals surface area contributed by atoms with Gasteiger partial charge in [0.15, 0.2) is 10.8 Å². The number of methoxy groups -OCH3 is 1. The summed E-state index contributed by atoms with van der Waals surface area (Å²) in [6, 6.07) is 8.09. The van der Waals surface area contributed by atoms with Gasteiger partial charge in [-0.25, -0.2) is 4.98 Å². The third-order valence-electron chi connectivity index (χ3n) is 4.90. The van der Waals surface area contributed by atoms with E-state index in [9.17, 15) is 4.79 Å². The average molecular weight is 429 g/mol. The molecule has 3 rings (SSSR count). The van der Waals surface area contributed by atoms with Crippen molar-refractivity contribution < 1.29 is 9.53 Å². The Morgan fingerprint density at radius 3 is 2.70 bits per heavy atom. The van der Waals surface area contributed by atoms with Crippen LogP contribution in [0.15, 0.2) is 29.4 Å². The molecule has 8 nitrogen and oxygen atoms in total.